The summed E-state index contributed by atoms with van der Waals surface area (Å²) in [5.74, 6) is -1.27. The van der Waals surface area contributed by atoms with Crippen molar-refractivity contribution in [1.82, 2.24) is 4.90 Å². The summed E-state index contributed by atoms with van der Waals surface area (Å²) < 4.78 is 14.6. The predicted octanol–water partition coefficient (Wildman–Crippen LogP) is 3.53. The highest BCUT2D eigenvalue weighted by Crippen LogP contribution is 2.33. The summed E-state index contributed by atoms with van der Waals surface area (Å²) in [6.07, 6.45) is 9.15. The zero-order chi connectivity index (χ0) is 14.5. The average molecular weight is 281 g/mol. The molecule has 1 N–H and O–H groups in total. The van der Waals surface area contributed by atoms with Crippen LogP contribution in [0.4, 0.5) is 4.39 Å². The maximum atomic E-state index is 14.6. The van der Waals surface area contributed by atoms with Crippen molar-refractivity contribution in [2.75, 3.05) is 13.1 Å². The number of likely N-dealkylation sites (tertiary alicyclic amines) is 1. The minimum absolute atomic E-state index is 0.133. The van der Waals surface area contributed by atoms with Gasteiger partial charge in [0.25, 0.3) is 0 Å². The first-order chi connectivity index (χ1) is 9.65. The summed E-state index contributed by atoms with van der Waals surface area (Å²) >= 11 is 0. The predicted molar refractivity (Wildman–Crippen MR) is 77.1 cm³/mol. The molecular weight excluding hydrogens is 257 g/mol. The lowest BCUT2D eigenvalue weighted by molar-refractivity contribution is -0.142. The molecule has 1 heterocycles. The molecule has 3 nitrogen and oxygen atoms in total. The van der Waals surface area contributed by atoms with Crippen LogP contribution in [0.3, 0.4) is 0 Å². The molecule has 1 fully saturated rings. The molecule has 1 aliphatic heterocycles. The Morgan fingerprint density at radius 1 is 1.45 bits per heavy atom. The van der Waals surface area contributed by atoms with E-state index in [4.69, 9.17) is 0 Å². The molecule has 2 aliphatic rings. The molecule has 4 heteroatoms. The van der Waals surface area contributed by atoms with Gasteiger partial charge in [-0.05, 0) is 38.8 Å². The number of allylic oxidation sites excluding steroid dienone is 2. The fraction of sp³-hybridized carbons (Fsp3) is 0.688. The van der Waals surface area contributed by atoms with Crippen LogP contribution in [0.1, 0.15) is 45.4 Å². The van der Waals surface area contributed by atoms with Crippen LogP contribution in [0.25, 0.3) is 0 Å². The second kappa shape index (κ2) is 7.02. The lowest BCUT2D eigenvalue weighted by Crippen LogP contribution is -2.45. The highest BCUT2D eigenvalue weighted by atomic mass is 19.1. The molecule has 2 rings (SSSR count). The molecule has 2 atom stereocenters. The Morgan fingerprint density at radius 2 is 2.15 bits per heavy atom. The Bertz CT molecular complexity index is 411. The van der Waals surface area contributed by atoms with E-state index >= 15 is 0 Å². The molecule has 0 aromatic heterocycles. The van der Waals surface area contributed by atoms with Crippen LogP contribution in [0.2, 0.25) is 0 Å². The number of carboxylic acid groups (broad SMARTS) is 1. The lowest BCUT2D eigenvalue weighted by atomic mass is 9.87. The smallest absolute Gasteiger partial charge is 0.325 e. The van der Waals surface area contributed by atoms with Gasteiger partial charge in [0.15, 0.2) is 0 Å². The Hall–Kier alpha value is -1.16. The van der Waals surface area contributed by atoms with Crippen LogP contribution < -0.4 is 0 Å². The Labute approximate surface area is 120 Å². The standard InChI is InChI=1S/C16H24FNO2/c1-2-7-12-8-6-9-13(14(12)17)15(16(19)20)18-10-4-3-5-11-18/h6,9,12,15H,2-5,7-8,10-11H2,1H3,(H,19,20). The van der Waals surface area contributed by atoms with Crippen molar-refractivity contribution >= 4 is 5.97 Å². The van der Waals surface area contributed by atoms with E-state index in [-0.39, 0.29) is 11.7 Å². The molecule has 0 aromatic rings. The van der Waals surface area contributed by atoms with E-state index in [0.29, 0.717) is 12.0 Å². The van der Waals surface area contributed by atoms with E-state index in [1.54, 1.807) is 6.08 Å². The lowest BCUT2D eigenvalue weighted by Gasteiger charge is -2.34. The second-order valence-corrected chi connectivity index (χ2v) is 5.76. The van der Waals surface area contributed by atoms with Crippen LogP contribution in [0, 0.1) is 5.92 Å². The number of nitrogens with zero attached hydrogens (tertiary/aromatic N) is 1. The minimum atomic E-state index is -0.932. The molecular formula is C16H24FNO2. The Kier molecular flexibility index (Phi) is 5.35. The van der Waals surface area contributed by atoms with Crippen molar-refractivity contribution in [3.05, 3.63) is 23.6 Å². The van der Waals surface area contributed by atoms with Crippen LogP contribution in [-0.4, -0.2) is 35.1 Å². The molecule has 0 aromatic carbocycles. The van der Waals surface area contributed by atoms with Crippen molar-refractivity contribution in [3.63, 3.8) is 0 Å². The molecule has 0 radical (unpaired) electrons. The van der Waals surface area contributed by atoms with Crippen molar-refractivity contribution < 1.29 is 14.3 Å². The molecule has 0 spiro atoms. The van der Waals surface area contributed by atoms with Gasteiger partial charge in [0.1, 0.15) is 11.9 Å². The van der Waals surface area contributed by atoms with Crippen LogP contribution in [0.5, 0.6) is 0 Å². The summed E-state index contributed by atoms with van der Waals surface area (Å²) in [4.78, 5) is 13.5. The molecule has 0 amide bonds. The van der Waals surface area contributed by atoms with E-state index in [0.717, 1.165) is 45.2 Å². The summed E-state index contributed by atoms with van der Waals surface area (Å²) in [5, 5.41) is 9.54. The summed E-state index contributed by atoms with van der Waals surface area (Å²) in [6, 6.07) is -0.814. The quantitative estimate of drug-likeness (QED) is 0.838. The highest BCUT2D eigenvalue weighted by molar-refractivity contribution is 5.79. The molecule has 1 aliphatic carbocycles. The first kappa shape index (κ1) is 15.2. The van der Waals surface area contributed by atoms with Gasteiger partial charge in [0.2, 0.25) is 0 Å². The van der Waals surface area contributed by atoms with Crippen molar-refractivity contribution in [3.8, 4) is 0 Å². The van der Waals surface area contributed by atoms with Crippen molar-refractivity contribution in [2.24, 2.45) is 5.92 Å². The zero-order valence-corrected chi connectivity index (χ0v) is 12.1. The van der Waals surface area contributed by atoms with Crippen LogP contribution in [0.15, 0.2) is 23.6 Å². The van der Waals surface area contributed by atoms with Gasteiger partial charge in [-0.1, -0.05) is 31.9 Å². The third-order valence-corrected chi connectivity index (χ3v) is 4.27. The fourth-order valence-corrected chi connectivity index (χ4v) is 3.26. The molecule has 20 heavy (non-hydrogen) atoms. The van der Waals surface area contributed by atoms with Gasteiger partial charge in [-0.25, -0.2) is 4.39 Å². The number of aliphatic carboxylic acids is 1. The van der Waals surface area contributed by atoms with Gasteiger partial charge >= 0.3 is 5.97 Å². The number of rotatable bonds is 5. The summed E-state index contributed by atoms with van der Waals surface area (Å²) in [7, 11) is 0. The van der Waals surface area contributed by atoms with E-state index in [1.165, 1.54) is 0 Å². The van der Waals surface area contributed by atoms with Gasteiger partial charge < -0.3 is 5.11 Å². The first-order valence-corrected chi connectivity index (χ1v) is 7.68. The molecule has 0 bridgehead atoms. The Morgan fingerprint density at radius 3 is 2.75 bits per heavy atom. The molecule has 1 saturated heterocycles. The highest BCUT2D eigenvalue weighted by Gasteiger charge is 2.34. The summed E-state index contributed by atoms with van der Waals surface area (Å²) in [6.45, 7) is 3.53. The number of carboxylic acids is 1. The van der Waals surface area contributed by atoms with E-state index < -0.39 is 12.0 Å². The number of piperidine rings is 1. The SMILES string of the molecule is CCCC1CC=CC(C(C(=O)O)N2CCCCC2)=C1F. The zero-order valence-electron chi connectivity index (χ0n) is 12.1. The van der Waals surface area contributed by atoms with Crippen molar-refractivity contribution in [1.29, 1.82) is 0 Å². The van der Waals surface area contributed by atoms with Crippen molar-refractivity contribution in [2.45, 2.75) is 51.5 Å². The largest absolute Gasteiger partial charge is 0.480 e. The third-order valence-electron chi connectivity index (χ3n) is 4.27. The van der Waals surface area contributed by atoms with E-state index in [9.17, 15) is 14.3 Å². The maximum absolute atomic E-state index is 14.6. The topological polar surface area (TPSA) is 40.5 Å². The normalized spacial score (nSPS) is 25.8. The number of carbonyl (C=O) groups is 1. The monoisotopic (exact) mass is 281 g/mol. The van der Waals surface area contributed by atoms with Gasteiger partial charge in [-0.2, -0.15) is 0 Å². The van der Waals surface area contributed by atoms with Gasteiger partial charge in [-0.3, -0.25) is 9.69 Å². The number of halogens is 1. The minimum Gasteiger partial charge on any atom is -0.480 e. The Balaban J connectivity index is 2.25. The van der Waals surface area contributed by atoms with E-state index in [2.05, 4.69) is 0 Å². The van der Waals surface area contributed by atoms with Crippen LogP contribution >= 0.6 is 0 Å². The van der Waals surface area contributed by atoms with Gasteiger partial charge in [-0.15, -0.1) is 0 Å². The molecule has 112 valence electrons. The first-order valence-electron chi connectivity index (χ1n) is 7.68. The maximum Gasteiger partial charge on any atom is 0.325 e. The number of hydrogen-bond acceptors (Lipinski definition) is 2. The van der Waals surface area contributed by atoms with Gasteiger partial charge in [0.05, 0.1) is 0 Å². The van der Waals surface area contributed by atoms with Gasteiger partial charge in [0, 0.05) is 11.5 Å². The number of hydrogen-bond donors (Lipinski definition) is 1. The average Bonchev–Trinajstić information content (AvgIpc) is 2.44. The van der Waals surface area contributed by atoms with E-state index in [1.807, 2.05) is 17.9 Å². The second-order valence-electron chi connectivity index (χ2n) is 5.76. The fourth-order valence-electron chi connectivity index (χ4n) is 3.26. The molecule has 0 saturated carbocycles. The van der Waals surface area contributed by atoms with Crippen LogP contribution in [-0.2, 0) is 4.79 Å². The summed E-state index contributed by atoms with van der Waals surface area (Å²) in [5.41, 5.74) is 0.379. The molecule has 2 unspecified atom stereocenters. The third kappa shape index (κ3) is 3.29.